The van der Waals surface area contributed by atoms with Crippen LogP contribution in [0.2, 0.25) is 0 Å². The third kappa shape index (κ3) is 1.44. The van der Waals surface area contributed by atoms with Crippen LogP contribution in [0.3, 0.4) is 0 Å². The predicted molar refractivity (Wildman–Crippen MR) is 54.7 cm³/mol. The van der Waals surface area contributed by atoms with Gasteiger partial charge in [-0.15, -0.1) is 0 Å². The van der Waals surface area contributed by atoms with E-state index in [1.807, 2.05) is 19.1 Å². The van der Waals surface area contributed by atoms with E-state index in [1.165, 1.54) is 0 Å². The summed E-state index contributed by atoms with van der Waals surface area (Å²) in [7, 11) is 0. The summed E-state index contributed by atoms with van der Waals surface area (Å²) in [6, 6.07) is 0. The molecule has 0 aromatic carbocycles. The Labute approximate surface area is 84.3 Å². The molecule has 0 bridgehead atoms. The summed E-state index contributed by atoms with van der Waals surface area (Å²) in [6.45, 7) is 4.01. The quantitative estimate of drug-likeness (QED) is 0.636. The Morgan fingerprint density at radius 3 is 2.93 bits per heavy atom. The van der Waals surface area contributed by atoms with Crippen LogP contribution in [0.5, 0.6) is 0 Å². The minimum Gasteiger partial charge on any atom is -0.389 e. The van der Waals surface area contributed by atoms with Crippen LogP contribution in [0.15, 0.2) is 23.3 Å². The molecule has 0 aromatic rings. The Morgan fingerprint density at radius 1 is 1.50 bits per heavy atom. The second-order valence-corrected chi connectivity index (χ2v) is 4.45. The first kappa shape index (κ1) is 9.66. The molecule has 0 radical (unpaired) electrons. The monoisotopic (exact) mass is 192 g/mol. The lowest BCUT2D eigenvalue weighted by Gasteiger charge is -2.18. The number of aliphatic hydroxyl groups is 1. The molecule has 0 aromatic heterocycles. The van der Waals surface area contributed by atoms with Gasteiger partial charge in [0.1, 0.15) is 0 Å². The predicted octanol–water partition coefficient (Wildman–Crippen LogP) is 1.85. The molecule has 14 heavy (non-hydrogen) atoms. The lowest BCUT2D eigenvalue weighted by atomic mass is 9.86. The molecule has 2 aliphatic carbocycles. The Kier molecular flexibility index (Phi) is 2.31. The molecule has 2 heteroatoms. The molecule has 1 N–H and O–H groups in total. The van der Waals surface area contributed by atoms with Crippen molar-refractivity contribution in [1.82, 2.24) is 0 Å². The molecule has 0 saturated heterocycles. The van der Waals surface area contributed by atoms with Gasteiger partial charge in [-0.3, -0.25) is 4.79 Å². The minimum absolute atomic E-state index is 0.276. The van der Waals surface area contributed by atoms with E-state index in [2.05, 4.69) is 6.92 Å². The first-order valence-electron chi connectivity index (χ1n) is 5.20. The molecular formula is C12H16O2. The van der Waals surface area contributed by atoms with Gasteiger partial charge in [-0.05, 0) is 36.3 Å². The lowest BCUT2D eigenvalue weighted by Crippen LogP contribution is -2.14. The van der Waals surface area contributed by atoms with Crippen molar-refractivity contribution in [2.24, 2.45) is 11.8 Å². The molecule has 76 valence electrons. The average molecular weight is 192 g/mol. The smallest absolute Gasteiger partial charge is 0.159 e. The van der Waals surface area contributed by atoms with Gasteiger partial charge in [0.25, 0.3) is 0 Å². The van der Waals surface area contributed by atoms with Crippen LogP contribution in [0.1, 0.15) is 26.7 Å². The molecule has 2 rings (SSSR count). The zero-order valence-corrected chi connectivity index (χ0v) is 8.66. The number of carbonyl (C=O) groups excluding carboxylic acids is 1. The molecule has 2 aliphatic rings. The molecule has 0 fully saturated rings. The topological polar surface area (TPSA) is 37.3 Å². The van der Waals surface area contributed by atoms with Gasteiger partial charge in [-0.25, -0.2) is 0 Å². The largest absolute Gasteiger partial charge is 0.389 e. The molecule has 0 amide bonds. The summed E-state index contributed by atoms with van der Waals surface area (Å²) in [4.78, 5) is 11.5. The number of hydrogen-bond donors (Lipinski definition) is 1. The zero-order chi connectivity index (χ0) is 10.3. The number of fused-ring (bicyclic) bond motifs is 1. The maximum atomic E-state index is 11.5. The number of aliphatic hydroxyl groups excluding tert-OH is 1. The second kappa shape index (κ2) is 3.35. The van der Waals surface area contributed by atoms with E-state index in [4.69, 9.17) is 0 Å². The first-order valence-corrected chi connectivity index (χ1v) is 5.20. The number of ketones is 1. The summed E-state index contributed by atoms with van der Waals surface area (Å²) < 4.78 is 0. The number of carbonyl (C=O) groups is 1. The van der Waals surface area contributed by atoms with Crippen LogP contribution in [0.4, 0.5) is 0 Å². The van der Waals surface area contributed by atoms with Crippen molar-refractivity contribution in [3.63, 3.8) is 0 Å². The van der Waals surface area contributed by atoms with Crippen molar-refractivity contribution in [2.75, 3.05) is 0 Å². The van der Waals surface area contributed by atoms with E-state index in [9.17, 15) is 9.90 Å². The van der Waals surface area contributed by atoms with Crippen LogP contribution in [-0.4, -0.2) is 17.0 Å². The summed E-state index contributed by atoms with van der Waals surface area (Å²) in [5, 5.41) is 9.57. The van der Waals surface area contributed by atoms with Gasteiger partial charge >= 0.3 is 0 Å². The maximum Gasteiger partial charge on any atom is 0.159 e. The van der Waals surface area contributed by atoms with E-state index in [0.717, 1.165) is 17.6 Å². The van der Waals surface area contributed by atoms with Crippen molar-refractivity contribution in [2.45, 2.75) is 32.8 Å². The third-order valence-corrected chi connectivity index (χ3v) is 3.45. The molecule has 2 nitrogen and oxygen atoms in total. The van der Waals surface area contributed by atoms with Gasteiger partial charge in [0.2, 0.25) is 0 Å². The number of hydrogen-bond acceptors (Lipinski definition) is 2. The maximum absolute atomic E-state index is 11.5. The van der Waals surface area contributed by atoms with Crippen LogP contribution in [0, 0.1) is 11.8 Å². The summed E-state index contributed by atoms with van der Waals surface area (Å²) >= 11 is 0. The molecule has 0 saturated carbocycles. The molecule has 0 heterocycles. The summed E-state index contributed by atoms with van der Waals surface area (Å²) in [5.74, 6) is 1.02. The Balaban J connectivity index is 2.38. The van der Waals surface area contributed by atoms with E-state index in [-0.39, 0.29) is 11.9 Å². The summed E-state index contributed by atoms with van der Waals surface area (Å²) in [6.07, 6.45) is 4.82. The second-order valence-electron chi connectivity index (χ2n) is 4.45. The van der Waals surface area contributed by atoms with Crippen molar-refractivity contribution in [1.29, 1.82) is 0 Å². The third-order valence-electron chi connectivity index (χ3n) is 3.45. The van der Waals surface area contributed by atoms with Crippen LogP contribution >= 0.6 is 0 Å². The van der Waals surface area contributed by atoms with Crippen LogP contribution in [-0.2, 0) is 4.79 Å². The highest BCUT2D eigenvalue weighted by Crippen LogP contribution is 2.39. The highest BCUT2D eigenvalue weighted by Gasteiger charge is 2.34. The van der Waals surface area contributed by atoms with Gasteiger partial charge in [0, 0.05) is 6.42 Å². The fourth-order valence-corrected chi connectivity index (χ4v) is 2.50. The Morgan fingerprint density at radius 2 is 2.21 bits per heavy atom. The van der Waals surface area contributed by atoms with Crippen LogP contribution < -0.4 is 0 Å². The zero-order valence-electron chi connectivity index (χ0n) is 8.66. The number of Topliss-reactive ketones (excluding diaryl/α,β-unsaturated/α-hetero) is 1. The van der Waals surface area contributed by atoms with Crippen LogP contribution in [0.25, 0.3) is 0 Å². The number of rotatable bonds is 0. The van der Waals surface area contributed by atoms with Gasteiger partial charge in [-0.1, -0.05) is 19.1 Å². The van der Waals surface area contributed by atoms with Crippen molar-refractivity contribution in [3.8, 4) is 0 Å². The molecule has 0 unspecified atom stereocenters. The van der Waals surface area contributed by atoms with Gasteiger partial charge in [0.15, 0.2) is 5.78 Å². The highest BCUT2D eigenvalue weighted by molar-refractivity contribution is 5.99. The Hall–Kier alpha value is -0.890. The fourth-order valence-electron chi connectivity index (χ4n) is 2.50. The Bertz CT molecular complexity index is 325. The fraction of sp³-hybridized carbons (Fsp3) is 0.583. The first-order chi connectivity index (χ1) is 6.59. The van der Waals surface area contributed by atoms with Crippen molar-refractivity contribution in [3.05, 3.63) is 23.3 Å². The average Bonchev–Trinajstić information content (AvgIpc) is 2.32. The molecule has 0 aliphatic heterocycles. The van der Waals surface area contributed by atoms with E-state index in [1.54, 1.807) is 0 Å². The highest BCUT2D eigenvalue weighted by atomic mass is 16.3. The molecular weight excluding hydrogens is 176 g/mol. The standard InChI is InChI=1S/C12H16O2/c1-7-5-9(13)3-4-10-8(2)12(14)6-11(7)10/h3-4,7,9,11,13H,5-6H2,1-2H3/t7-,9-,11+/m0/s1. The summed E-state index contributed by atoms with van der Waals surface area (Å²) in [5.41, 5.74) is 2.05. The molecule has 0 spiro atoms. The SMILES string of the molecule is CC1=C2C=C[C@H](O)C[C@H](C)[C@H]2CC1=O. The van der Waals surface area contributed by atoms with Crippen molar-refractivity contribution < 1.29 is 9.90 Å². The number of allylic oxidation sites excluding steroid dienone is 3. The van der Waals surface area contributed by atoms with E-state index >= 15 is 0 Å². The van der Waals surface area contributed by atoms with E-state index in [0.29, 0.717) is 18.3 Å². The lowest BCUT2D eigenvalue weighted by molar-refractivity contribution is -0.115. The van der Waals surface area contributed by atoms with Gasteiger partial charge in [0.05, 0.1) is 6.10 Å². The van der Waals surface area contributed by atoms with Crippen molar-refractivity contribution >= 4 is 5.78 Å². The van der Waals surface area contributed by atoms with E-state index < -0.39 is 0 Å². The van der Waals surface area contributed by atoms with Gasteiger partial charge in [-0.2, -0.15) is 0 Å². The normalized spacial score (nSPS) is 37.4. The van der Waals surface area contributed by atoms with Gasteiger partial charge < -0.3 is 5.11 Å². The molecule has 3 atom stereocenters. The minimum atomic E-state index is -0.342.